The van der Waals surface area contributed by atoms with Gasteiger partial charge in [-0.2, -0.15) is 0 Å². The van der Waals surface area contributed by atoms with E-state index >= 15 is 0 Å². The maximum Gasteiger partial charge on any atom is 0.169 e. The highest BCUT2D eigenvalue weighted by Gasteiger charge is 1.95. The van der Waals surface area contributed by atoms with E-state index in [-0.39, 0.29) is 0 Å². The quantitative estimate of drug-likeness (QED) is 0.430. The monoisotopic (exact) mass is 137 g/mol. The van der Waals surface area contributed by atoms with E-state index in [0.717, 1.165) is 5.56 Å². The first-order valence-corrected chi connectivity index (χ1v) is 3.11. The van der Waals surface area contributed by atoms with Crippen molar-refractivity contribution in [3.8, 4) is 5.75 Å². The van der Waals surface area contributed by atoms with Crippen LogP contribution in [-0.4, -0.2) is 0 Å². The van der Waals surface area contributed by atoms with Crippen LogP contribution >= 0.6 is 0 Å². The first-order chi connectivity index (χ1) is 4.74. The molecule has 1 aromatic rings. The second-order valence-electron chi connectivity index (χ2n) is 2.33. The first-order valence-electron chi connectivity index (χ1n) is 3.11. The molecule has 1 rings (SSSR count). The fraction of sp³-hybridized carbons (Fsp3) is 0.250. The summed E-state index contributed by atoms with van der Waals surface area (Å²) in [5.41, 5.74) is 2.24. The van der Waals surface area contributed by atoms with Gasteiger partial charge in [-0.3, -0.25) is 0 Å². The highest BCUT2D eigenvalue weighted by atomic mass is 17.1. The molecule has 0 N–H and O–H groups in total. The van der Waals surface area contributed by atoms with Crippen LogP contribution < -0.4 is 4.89 Å². The van der Waals surface area contributed by atoms with Gasteiger partial charge in [-0.15, -0.1) is 0 Å². The van der Waals surface area contributed by atoms with Gasteiger partial charge in [0.05, 0.1) is 0 Å². The molecule has 0 aromatic heterocycles. The molecule has 0 unspecified atom stereocenters. The third-order valence-electron chi connectivity index (χ3n) is 1.57. The molecule has 2 heteroatoms. The Morgan fingerprint density at radius 3 is 2.40 bits per heavy atom. The zero-order chi connectivity index (χ0) is 7.56. The van der Waals surface area contributed by atoms with Gasteiger partial charge in [0.2, 0.25) is 0 Å². The Kier molecular flexibility index (Phi) is 1.92. The molecular weight excluding hydrogens is 128 g/mol. The Morgan fingerprint density at radius 2 is 1.90 bits per heavy atom. The van der Waals surface area contributed by atoms with Crippen molar-refractivity contribution in [3.05, 3.63) is 29.3 Å². The topological polar surface area (TPSA) is 29.1 Å². The first kappa shape index (κ1) is 7.09. The summed E-state index contributed by atoms with van der Waals surface area (Å²) in [6, 6.07) is 5.25. The number of aryl methyl sites for hydroxylation is 2. The van der Waals surface area contributed by atoms with Crippen molar-refractivity contribution in [2.45, 2.75) is 13.8 Å². The molecule has 0 bridgehead atoms. The average molecular weight is 137 g/mol. The summed E-state index contributed by atoms with van der Waals surface area (Å²) in [6.45, 7) is 3.93. The van der Waals surface area contributed by atoms with E-state index in [1.165, 1.54) is 5.56 Å². The smallest absolute Gasteiger partial charge is 0.169 e. The van der Waals surface area contributed by atoms with Crippen molar-refractivity contribution in [1.82, 2.24) is 0 Å². The van der Waals surface area contributed by atoms with E-state index in [1.807, 2.05) is 19.9 Å². The molecule has 1 radical (unpaired) electrons. The van der Waals surface area contributed by atoms with Crippen LogP contribution in [0.1, 0.15) is 11.1 Å². The van der Waals surface area contributed by atoms with Gasteiger partial charge in [-0.25, -0.2) is 0 Å². The summed E-state index contributed by atoms with van der Waals surface area (Å²) < 4.78 is 0. The molecule has 0 aliphatic heterocycles. The summed E-state index contributed by atoms with van der Waals surface area (Å²) in [5, 5.41) is 9.90. The highest BCUT2D eigenvalue weighted by Crippen LogP contribution is 2.15. The van der Waals surface area contributed by atoms with Crippen LogP contribution in [-0.2, 0) is 5.26 Å². The summed E-state index contributed by atoms with van der Waals surface area (Å²) in [4.78, 5) is 3.80. The molecule has 0 spiro atoms. The van der Waals surface area contributed by atoms with Gasteiger partial charge in [0.15, 0.2) is 5.75 Å². The average Bonchev–Trinajstić information content (AvgIpc) is 1.95. The van der Waals surface area contributed by atoms with Crippen molar-refractivity contribution < 1.29 is 10.1 Å². The standard InChI is InChI=1S/C8H9O2/c1-6-3-4-8(10-9)5-7(6)2/h3-5H,1-2H3. The lowest BCUT2D eigenvalue weighted by Gasteiger charge is -1.99. The van der Waals surface area contributed by atoms with Gasteiger partial charge in [0.1, 0.15) is 0 Å². The third-order valence-corrected chi connectivity index (χ3v) is 1.57. The second kappa shape index (κ2) is 2.71. The minimum Gasteiger partial charge on any atom is -0.305 e. The largest absolute Gasteiger partial charge is 0.305 e. The van der Waals surface area contributed by atoms with E-state index in [4.69, 9.17) is 0 Å². The van der Waals surface area contributed by atoms with Crippen LogP contribution in [0.3, 0.4) is 0 Å². The van der Waals surface area contributed by atoms with Crippen LogP contribution in [0.4, 0.5) is 0 Å². The van der Waals surface area contributed by atoms with Crippen molar-refractivity contribution in [2.75, 3.05) is 0 Å². The van der Waals surface area contributed by atoms with Gasteiger partial charge >= 0.3 is 0 Å². The Hall–Kier alpha value is -1.02. The van der Waals surface area contributed by atoms with Crippen LogP contribution in [0.2, 0.25) is 0 Å². The summed E-state index contributed by atoms with van der Waals surface area (Å²) in [5.74, 6) is 0.378. The van der Waals surface area contributed by atoms with Crippen LogP contribution in [0.25, 0.3) is 0 Å². The van der Waals surface area contributed by atoms with E-state index in [1.54, 1.807) is 12.1 Å². The molecule has 10 heavy (non-hydrogen) atoms. The Bertz CT molecular complexity index is 231. The highest BCUT2D eigenvalue weighted by molar-refractivity contribution is 5.33. The molecule has 0 amide bonds. The molecular formula is C8H9O2. The maximum atomic E-state index is 9.90. The second-order valence-corrected chi connectivity index (χ2v) is 2.33. The zero-order valence-electron chi connectivity index (χ0n) is 6.05. The van der Waals surface area contributed by atoms with Crippen molar-refractivity contribution >= 4 is 0 Å². The molecule has 0 saturated carbocycles. The molecule has 0 saturated heterocycles. The molecule has 0 atom stereocenters. The Labute approximate surface area is 60.0 Å². The Balaban J connectivity index is 3.04. The van der Waals surface area contributed by atoms with Gasteiger partial charge in [-0.1, -0.05) is 6.07 Å². The normalized spacial score (nSPS) is 9.50. The van der Waals surface area contributed by atoms with E-state index in [9.17, 15) is 5.26 Å². The molecule has 1 aromatic carbocycles. The lowest BCUT2D eigenvalue weighted by molar-refractivity contribution is -0.208. The SMILES string of the molecule is Cc1ccc(O[O])cc1C. The maximum absolute atomic E-state index is 9.90. The fourth-order valence-electron chi connectivity index (χ4n) is 0.766. The minimum absolute atomic E-state index is 0.378. The van der Waals surface area contributed by atoms with Gasteiger partial charge in [0.25, 0.3) is 0 Å². The molecule has 0 aliphatic carbocycles. The molecule has 0 aliphatic rings. The lowest BCUT2D eigenvalue weighted by atomic mass is 10.1. The summed E-state index contributed by atoms with van der Waals surface area (Å²) in [7, 11) is 0. The fourth-order valence-corrected chi connectivity index (χ4v) is 0.766. The van der Waals surface area contributed by atoms with E-state index in [2.05, 4.69) is 4.89 Å². The van der Waals surface area contributed by atoms with Crippen LogP contribution in [0, 0.1) is 13.8 Å². The number of rotatable bonds is 1. The summed E-state index contributed by atoms with van der Waals surface area (Å²) in [6.07, 6.45) is 0. The minimum atomic E-state index is 0.378. The van der Waals surface area contributed by atoms with Crippen LogP contribution in [0.15, 0.2) is 18.2 Å². The van der Waals surface area contributed by atoms with Gasteiger partial charge < -0.3 is 4.89 Å². The molecule has 2 nitrogen and oxygen atoms in total. The van der Waals surface area contributed by atoms with E-state index < -0.39 is 0 Å². The Morgan fingerprint density at radius 1 is 1.20 bits per heavy atom. The van der Waals surface area contributed by atoms with Crippen LogP contribution in [0.5, 0.6) is 5.75 Å². The number of hydrogen-bond acceptors (Lipinski definition) is 1. The van der Waals surface area contributed by atoms with Crippen molar-refractivity contribution in [2.24, 2.45) is 0 Å². The predicted octanol–water partition coefficient (Wildman–Crippen LogP) is 2.03. The van der Waals surface area contributed by atoms with Gasteiger partial charge in [0, 0.05) is 5.26 Å². The van der Waals surface area contributed by atoms with Crippen molar-refractivity contribution in [1.29, 1.82) is 0 Å². The number of hydrogen-bond donors (Lipinski definition) is 0. The summed E-state index contributed by atoms with van der Waals surface area (Å²) >= 11 is 0. The van der Waals surface area contributed by atoms with Gasteiger partial charge in [-0.05, 0) is 37.1 Å². The lowest BCUT2D eigenvalue weighted by Crippen LogP contribution is -1.84. The van der Waals surface area contributed by atoms with Crippen molar-refractivity contribution in [3.63, 3.8) is 0 Å². The molecule has 53 valence electrons. The molecule has 0 heterocycles. The predicted molar refractivity (Wildman–Crippen MR) is 37.2 cm³/mol. The third kappa shape index (κ3) is 1.28. The zero-order valence-corrected chi connectivity index (χ0v) is 6.05. The molecule has 0 fully saturated rings. The van der Waals surface area contributed by atoms with E-state index in [0.29, 0.717) is 5.75 Å². The number of benzene rings is 1.